The predicted molar refractivity (Wildman–Crippen MR) is 55.0 cm³/mol. The minimum absolute atomic E-state index is 0.128. The van der Waals surface area contributed by atoms with Gasteiger partial charge < -0.3 is 5.11 Å². The molecule has 4 nitrogen and oxygen atoms in total. The molecular weight excluding hydrogens is 180 g/mol. The van der Waals surface area contributed by atoms with Crippen LogP contribution in [0.4, 0.5) is 4.79 Å². The first kappa shape index (κ1) is 11.3. The maximum atomic E-state index is 10.6. The van der Waals surface area contributed by atoms with Crippen molar-refractivity contribution in [1.82, 2.24) is 10.4 Å². The summed E-state index contributed by atoms with van der Waals surface area (Å²) in [7, 11) is 0. The summed E-state index contributed by atoms with van der Waals surface area (Å²) >= 11 is 0. The fraction of sp³-hybridized carbons (Fsp3) is 0.900. The maximum Gasteiger partial charge on any atom is 0.419 e. The lowest BCUT2D eigenvalue weighted by Gasteiger charge is -2.42. The minimum Gasteiger partial charge on any atom is -0.464 e. The molecule has 0 radical (unpaired) electrons. The number of rotatable bonds is 1. The van der Waals surface area contributed by atoms with Crippen molar-refractivity contribution in [2.45, 2.75) is 46.1 Å². The quantitative estimate of drug-likeness (QED) is 0.681. The summed E-state index contributed by atoms with van der Waals surface area (Å²) < 4.78 is 0. The van der Waals surface area contributed by atoms with Crippen molar-refractivity contribution in [2.24, 2.45) is 5.41 Å². The highest BCUT2D eigenvalue weighted by molar-refractivity contribution is 5.63. The zero-order chi connectivity index (χ0) is 10.8. The molecule has 1 amide bonds. The fourth-order valence-corrected chi connectivity index (χ4v) is 2.09. The molecule has 0 aromatic carbocycles. The maximum absolute atomic E-state index is 10.6. The van der Waals surface area contributed by atoms with Gasteiger partial charge in [0.1, 0.15) is 0 Å². The van der Waals surface area contributed by atoms with Crippen LogP contribution in [0.2, 0.25) is 0 Å². The highest BCUT2D eigenvalue weighted by atomic mass is 16.4. The van der Waals surface area contributed by atoms with Gasteiger partial charge in [0.25, 0.3) is 0 Å². The molecule has 1 saturated heterocycles. The van der Waals surface area contributed by atoms with Crippen LogP contribution < -0.4 is 5.43 Å². The Morgan fingerprint density at radius 2 is 2.07 bits per heavy atom. The number of nitrogens with zero attached hydrogens (tertiary/aromatic N) is 1. The molecule has 1 atom stereocenters. The van der Waals surface area contributed by atoms with Gasteiger partial charge in [-0.05, 0) is 18.3 Å². The molecule has 0 bridgehead atoms. The summed E-state index contributed by atoms with van der Waals surface area (Å²) in [5.74, 6) is 0. The second kappa shape index (κ2) is 4.17. The van der Waals surface area contributed by atoms with E-state index in [0.717, 1.165) is 19.4 Å². The Hall–Kier alpha value is -0.770. The highest BCUT2D eigenvalue weighted by Gasteiger charge is 2.33. The molecule has 0 aliphatic carbocycles. The lowest BCUT2D eigenvalue weighted by molar-refractivity contribution is 0.0228. The van der Waals surface area contributed by atoms with Crippen molar-refractivity contribution >= 4 is 6.09 Å². The van der Waals surface area contributed by atoms with Crippen LogP contribution in [0.25, 0.3) is 0 Å². The van der Waals surface area contributed by atoms with E-state index in [4.69, 9.17) is 5.11 Å². The first-order valence-electron chi connectivity index (χ1n) is 5.17. The van der Waals surface area contributed by atoms with Crippen molar-refractivity contribution in [1.29, 1.82) is 0 Å². The first-order chi connectivity index (χ1) is 6.41. The molecule has 1 heterocycles. The number of hydrogen-bond acceptors (Lipinski definition) is 2. The van der Waals surface area contributed by atoms with E-state index in [9.17, 15) is 4.79 Å². The molecule has 82 valence electrons. The molecule has 14 heavy (non-hydrogen) atoms. The third-order valence-electron chi connectivity index (χ3n) is 2.74. The number of hydrogen-bond donors (Lipinski definition) is 2. The molecule has 0 aromatic rings. The monoisotopic (exact) mass is 200 g/mol. The van der Waals surface area contributed by atoms with E-state index in [1.165, 1.54) is 6.42 Å². The van der Waals surface area contributed by atoms with Gasteiger partial charge >= 0.3 is 6.09 Å². The van der Waals surface area contributed by atoms with Crippen molar-refractivity contribution in [3.63, 3.8) is 0 Å². The van der Waals surface area contributed by atoms with Crippen molar-refractivity contribution in [3.8, 4) is 0 Å². The van der Waals surface area contributed by atoms with Gasteiger partial charge in [-0.15, -0.1) is 0 Å². The van der Waals surface area contributed by atoms with Gasteiger partial charge in [-0.2, -0.15) is 0 Å². The molecular formula is C10H20N2O2. The normalized spacial score (nSPS) is 24.6. The molecule has 1 aliphatic heterocycles. The summed E-state index contributed by atoms with van der Waals surface area (Å²) in [6.45, 7) is 7.28. The third kappa shape index (κ3) is 2.87. The lowest BCUT2D eigenvalue weighted by Crippen LogP contribution is -2.55. The van der Waals surface area contributed by atoms with Crippen LogP contribution >= 0.6 is 0 Å². The molecule has 0 spiro atoms. The van der Waals surface area contributed by atoms with E-state index in [-0.39, 0.29) is 5.41 Å². The Morgan fingerprint density at radius 3 is 2.57 bits per heavy atom. The Morgan fingerprint density at radius 1 is 1.43 bits per heavy atom. The van der Waals surface area contributed by atoms with Gasteiger partial charge in [-0.25, -0.2) is 9.80 Å². The summed E-state index contributed by atoms with van der Waals surface area (Å²) in [6, 6.07) is 0.312. The van der Waals surface area contributed by atoms with Gasteiger partial charge in [-0.3, -0.25) is 5.43 Å². The summed E-state index contributed by atoms with van der Waals surface area (Å²) in [6.07, 6.45) is 2.39. The molecule has 4 heteroatoms. The minimum atomic E-state index is -0.957. The molecule has 2 N–H and O–H groups in total. The number of nitrogens with one attached hydrogen (secondary N) is 1. The summed E-state index contributed by atoms with van der Waals surface area (Å²) in [5.41, 5.74) is 2.62. The zero-order valence-electron chi connectivity index (χ0n) is 9.21. The fourth-order valence-electron chi connectivity index (χ4n) is 2.09. The molecule has 1 rings (SSSR count). The number of carbonyl (C=O) groups is 1. The molecule has 1 fully saturated rings. The van der Waals surface area contributed by atoms with Crippen LogP contribution in [0, 0.1) is 5.41 Å². The van der Waals surface area contributed by atoms with Crippen LogP contribution in [-0.4, -0.2) is 28.8 Å². The van der Waals surface area contributed by atoms with Crippen LogP contribution in [-0.2, 0) is 0 Å². The van der Waals surface area contributed by atoms with E-state index in [2.05, 4.69) is 26.2 Å². The van der Waals surface area contributed by atoms with Crippen LogP contribution in [0.15, 0.2) is 0 Å². The molecule has 0 aromatic heterocycles. The number of piperidine rings is 1. The predicted octanol–water partition coefficient (Wildman–Crippen LogP) is 2.07. The third-order valence-corrected chi connectivity index (χ3v) is 2.74. The van der Waals surface area contributed by atoms with Gasteiger partial charge in [0, 0.05) is 12.6 Å². The molecule has 1 unspecified atom stereocenters. The van der Waals surface area contributed by atoms with Gasteiger partial charge in [0.2, 0.25) is 0 Å². The van der Waals surface area contributed by atoms with Gasteiger partial charge in [0.15, 0.2) is 0 Å². The van der Waals surface area contributed by atoms with E-state index in [1.807, 2.05) is 5.01 Å². The van der Waals surface area contributed by atoms with Crippen LogP contribution in [0.3, 0.4) is 0 Å². The van der Waals surface area contributed by atoms with Crippen molar-refractivity contribution in [3.05, 3.63) is 0 Å². The average Bonchev–Trinajstić information content (AvgIpc) is 2.01. The summed E-state index contributed by atoms with van der Waals surface area (Å²) in [5, 5.41) is 10.6. The van der Waals surface area contributed by atoms with E-state index in [0.29, 0.717) is 6.04 Å². The Labute approximate surface area is 85.3 Å². The summed E-state index contributed by atoms with van der Waals surface area (Å²) in [4.78, 5) is 10.6. The Bertz CT molecular complexity index is 211. The lowest BCUT2D eigenvalue weighted by atomic mass is 9.81. The number of amides is 1. The second-order valence-electron chi connectivity index (χ2n) is 4.99. The standard InChI is InChI=1S/C10H20N2O2/c1-10(2,3)8-6-4-5-7-12(8)11-9(13)14/h8,11H,4-7H2,1-3H3,(H,13,14). The smallest absolute Gasteiger partial charge is 0.419 e. The number of carboxylic acid groups (broad SMARTS) is 1. The Kier molecular flexibility index (Phi) is 3.37. The van der Waals surface area contributed by atoms with Gasteiger partial charge in [0.05, 0.1) is 0 Å². The van der Waals surface area contributed by atoms with E-state index in [1.54, 1.807) is 0 Å². The largest absolute Gasteiger partial charge is 0.464 e. The molecule has 0 saturated carbocycles. The Balaban J connectivity index is 2.64. The number of hydrazine groups is 1. The van der Waals surface area contributed by atoms with E-state index < -0.39 is 6.09 Å². The van der Waals surface area contributed by atoms with Crippen LogP contribution in [0.5, 0.6) is 0 Å². The zero-order valence-corrected chi connectivity index (χ0v) is 9.21. The highest BCUT2D eigenvalue weighted by Crippen LogP contribution is 2.30. The topological polar surface area (TPSA) is 52.6 Å². The second-order valence-corrected chi connectivity index (χ2v) is 4.99. The van der Waals surface area contributed by atoms with Crippen LogP contribution in [0.1, 0.15) is 40.0 Å². The first-order valence-corrected chi connectivity index (χ1v) is 5.17. The van der Waals surface area contributed by atoms with Crippen molar-refractivity contribution < 1.29 is 9.90 Å². The average molecular weight is 200 g/mol. The van der Waals surface area contributed by atoms with Crippen molar-refractivity contribution in [2.75, 3.05) is 6.54 Å². The van der Waals surface area contributed by atoms with Gasteiger partial charge in [-0.1, -0.05) is 27.2 Å². The molecule has 1 aliphatic rings. The van der Waals surface area contributed by atoms with E-state index >= 15 is 0 Å². The SMILES string of the molecule is CC(C)(C)C1CCCCN1NC(=O)O.